The molecule has 0 amide bonds. The molecule has 0 spiro atoms. The van der Waals surface area contributed by atoms with Crippen molar-refractivity contribution in [2.45, 2.75) is 46.5 Å². The molecule has 0 unspecified atom stereocenters. The molecule has 0 aliphatic rings. The van der Waals surface area contributed by atoms with E-state index in [-0.39, 0.29) is 0 Å². The number of hydrogen-bond acceptors (Lipinski definition) is 2. The molecule has 14 heavy (non-hydrogen) atoms. The quantitative estimate of drug-likeness (QED) is 0.615. The van der Waals surface area contributed by atoms with Gasteiger partial charge in [-0.25, -0.2) is 0 Å². The average molecular weight is 202 g/mol. The van der Waals surface area contributed by atoms with Crippen molar-refractivity contribution in [2.24, 2.45) is 5.41 Å². The second-order valence-electron chi connectivity index (χ2n) is 4.26. The maximum Gasteiger partial charge on any atom is 0.309 e. The Kier molecular flexibility index (Phi) is 6.54. The lowest BCUT2D eigenvalue weighted by Gasteiger charge is -2.18. The lowest BCUT2D eigenvalue weighted by Crippen LogP contribution is -2.23. The van der Waals surface area contributed by atoms with E-state index in [1.807, 2.05) is 0 Å². The summed E-state index contributed by atoms with van der Waals surface area (Å²) < 4.78 is 5.36. The minimum absolute atomic E-state index is 0.617. The van der Waals surface area contributed by atoms with Crippen molar-refractivity contribution in [2.75, 3.05) is 13.2 Å². The van der Waals surface area contributed by atoms with Crippen molar-refractivity contribution >= 4 is 5.97 Å². The number of unbranched alkanes of at least 4 members (excludes halogenated alkanes) is 1. The van der Waals surface area contributed by atoms with Crippen molar-refractivity contribution in [1.29, 1.82) is 0 Å². The van der Waals surface area contributed by atoms with Gasteiger partial charge in [-0.3, -0.25) is 4.79 Å². The predicted octanol–water partition coefficient (Wildman–Crippen LogP) is 2.69. The Labute approximate surface area is 86.5 Å². The third-order valence-electron chi connectivity index (χ3n) is 2.31. The standard InChI is InChI=1S/C11H22O3/c1-4-5-8-14-9-6-7-11(2,3)10(12)13/h4-9H2,1-3H3,(H,12,13). The fourth-order valence-electron chi connectivity index (χ4n) is 1.07. The molecule has 0 aliphatic heterocycles. The number of hydrogen-bond donors (Lipinski definition) is 1. The van der Waals surface area contributed by atoms with Gasteiger partial charge in [0, 0.05) is 13.2 Å². The Hall–Kier alpha value is -0.570. The highest BCUT2D eigenvalue weighted by atomic mass is 16.5. The minimum Gasteiger partial charge on any atom is -0.481 e. The molecule has 84 valence electrons. The topological polar surface area (TPSA) is 46.5 Å². The zero-order valence-corrected chi connectivity index (χ0v) is 9.51. The normalized spacial score (nSPS) is 11.6. The van der Waals surface area contributed by atoms with E-state index in [1.165, 1.54) is 0 Å². The summed E-state index contributed by atoms with van der Waals surface area (Å²) in [6.07, 6.45) is 3.72. The van der Waals surface area contributed by atoms with Crippen molar-refractivity contribution in [1.82, 2.24) is 0 Å². The second-order valence-corrected chi connectivity index (χ2v) is 4.26. The number of rotatable bonds is 8. The largest absolute Gasteiger partial charge is 0.481 e. The van der Waals surface area contributed by atoms with Gasteiger partial charge in [0.05, 0.1) is 5.41 Å². The van der Waals surface area contributed by atoms with E-state index in [0.717, 1.165) is 25.9 Å². The molecule has 0 bridgehead atoms. The number of aliphatic carboxylic acids is 1. The molecule has 0 radical (unpaired) electrons. The van der Waals surface area contributed by atoms with Crippen LogP contribution >= 0.6 is 0 Å². The summed E-state index contributed by atoms with van der Waals surface area (Å²) in [5, 5.41) is 8.84. The number of ether oxygens (including phenoxy) is 1. The lowest BCUT2D eigenvalue weighted by molar-refractivity contribution is -0.147. The van der Waals surface area contributed by atoms with Gasteiger partial charge in [-0.15, -0.1) is 0 Å². The molecule has 0 aromatic heterocycles. The molecule has 0 aliphatic carbocycles. The van der Waals surface area contributed by atoms with Gasteiger partial charge in [0.15, 0.2) is 0 Å². The fourth-order valence-corrected chi connectivity index (χ4v) is 1.07. The van der Waals surface area contributed by atoms with Crippen LogP contribution in [0.1, 0.15) is 46.5 Å². The lowest BCUT2D eigenvalue weighted by atomic mass is 9.88. The smallest absolute Gasteiger partial charge is 0.309 e. The first-order valence-corrected chi connectivity index (χ1v) is 5.32. The maximum absolute atomic E-state index is 10.7. The van der Waals surface area contributed by atoms with E-state index in [2.05, 4.69) is 6.92 Å². The van der Waals surface area contributed by atoms with Crippen molar-refractivity contribution in [3.05, 3.63) is 0 Å². The van der Waals surface area contributed by atoms with Crippen molar-refractivity contribution in [3.63, 3.8) is 0 Å². The minimum atomic E-state index is -0.731. The van der Waals surface area contributed by atoms with Gasteiger partial charge in [0.25, 0.3) is 0 Å². The van der Waals surface area contributed by atoms with Gasteiger partial charge >= 0.3 is 5.97 Å². The molecule has 3 nitrogen and oxygen atoms in total. The van der Waals surface area contributed by atoms with Crippen LogP contribution in [0.4, 0.5) is 0 Å². The molecule has 0 saturated heterocycles. The molecule has 0 atom stereocenters. The molecule has 0 saturated carbocycles. The van der Waals surface area contributed by atoms with Crippen molar-refractivity contribution in [3.8, 4) is 0 Å². The number of carboxylic acids is 1. The molecule has 0 heterocycles. The SMILES string of the molecule is CCCCOCCCC(C)(C)C(=O)O. The van der Waals surface area contributed by atoms with E-state index in [4.69, 9.17) is 9.84 Å². The fraction of sp³-hybridized carbons (Fsp3) is 0.909. The first-order chi connectivity index (χ1) is 6.50. The van der Waals surface area contributed by atoms with Gasteiger partial charge < -0.3 is 9.84 Å². The van der Waals surface area contributed by atoms with Crippen LogP contribution in [-0.2, 0) is 9.53 Å². The van der Waals surface area contributed by atoms with Crippen LogP contribution in [0.25, 0.3) is 0 Å². The Morgan fingerprint density at radius 3 is 2.36 bits per heavy atom. The van der Waals surface area contributed by atoms with E-state index in [0.29, 0.717) is 13.0 Å². The summed E-state index contributed by atoms with van der Waals surface area (Å²) in [4.78, 5) is 10.7. The van der Waals surface area contributed by atoms with Crippen LogP contribution in [0.5, 0.6) is 0 Å². The Morgan fingerprint density at radius 1 is 1.29 bits per heavy atom. The summed E-state index contributed by atoms with van der Waals surface area (Å²) in [5.41, 5.74) is -0.617. The zero-order valence-electron chi connectivity index (χ0n) is 9.51. The van der Waals surface area contributed by atoms with Gasteiger partial charge in [0.1, 0.15) is 0 Å². The molecule has 1 N–H and O–H groups in total. The second kappa shape index (κ2) is 6.82. The molecule has 3 heteroatoms. The summed E-state index contributed by atoms with van der Waals surface area (Å²) in [6.45, 7) is 7.10. The van der Waals surface area contributed by atoms with E-state index >= 15 is 0 Å². The molecular weight excluding hydrogens is 180 g/mol. The van der Waals surface area contributed by atoms with Crippen LogP contribution in [0.3, 0.4) is 0 Å². The number of carbonyl (C=O) groups is 1. The van der Waals surface area contributed by atoms with E-state index in [1.54, 1.807) is 13.8 Å². The highest BCUT2D eigenvalue weighted by Gasteiger charge is 2.25. The van der Waals surface area contributed by atoms with E-state index in [9.17, 15) is 4.79 Å². The van der Waals surface area contributed by atoms with Crippen LogP contribution < -0.4 is 0 Å². The first kappa shape index (κ1) is 13.4. The van der Waals surface area contributed by atoms with Crippen LogP contribution in [0, 0.1) is 5.41 Å². The third-order valence-corrected chi connectivity index (χ3v) is 2.31. The first-order valence-electron chi connectivity index (χ1n) is 5.32. The Morgan fingerprint density at radius 2 is 1.86 bits per heavy atom. The third kappa shape index (κ3) is 5.97. The monoisotopic (exact) mass is 202 g/mol. The summed E-state index contributed by atoms with van der Waals surface area (Å²) in [6, 6.07) is 0. The Balaban J connectivity index is 3.40. The molecular formula is C11H22O3. The molecule has 0 rings (SSSR count). The van der Waals surface area contributed by atoms with Gasteiger partial charge in [-0.05, 0) is 33.1 Å². The molecule has 0 aromatic rings. The summed E-state index contributed by atoms with van der Waals surface area (Å²) >= 11 is 0. The maximum atomic E-state index is 10.7. The highest BCUT2D eigenvalue weighted by Crippen LogP contribution is 2.22. The van der Waals surface area contributed by atoms with Crippen molar-refractivity contribution < 1.29 is 14.6 Å². The molecule has 0 fully saturated rings. The average Bonchev–Trinajstić information content (AvgIpc) is 2.10. The predicted molar refractivity (Wildman–Crippen MR) is 56.4 cm³/mol. The van der Waals surface area contributed by atoms with E-state index < -0.39 is 11.4 Å². The highest BCUT2D eigenvalue weighted by molar-refractivity contribution is 5.73. The van der Waals surface area contributed by atoms with Crippen LogP contribution in [0.15, 0.2) is 0 Å². The summed E-state index contributed by atoms with van der Waals surface area (Å²) in [5.74, 6) is -0.731. The molecule has 0 aromatic carbocycles. The van der Waals surface area contributed by atoms with Gasteiger partial charge in [-0.1, -0.05) is 13.3 Å². The zero-order chi connectivity index (χ0) is 11.0. The number of carboxylic acid groups (broad SMARTS) is 1. The van der Waals surface area contributed by atoms with Crippen LogP contribution in [0.2, 0.25) is 0 Å². The van der Waals surface area contributed by atoms with Gasteiger partial charge in [-0.2, -0.15) is 0 Å². The Bertz CT molecular complexity index is 164. The summed E-state index contributed by atoms with van der Waals surface area (Å²) in [7, 11) is 0. The van der Waals surface area contributed by atoms with Crippen LogP contribution in [-0.4, -0.2) is 24.3 Å². The van der Waals surface area contributed by atoms with Gasteiger partial charge in [0.2, 0.25) is 0 Å².